The molecule has 1 amide bonds. The Morgan fingerprint density at radius 3 is 2.28 bits per heavy atom. The monoisotopic (exact) mass is 756 g/mol. The second kappa shape index (κ2) is 18.8. The maximum atomic E-state index is 14.3. The maximum absolute atomic E-state index is 14.3. The van der Waals surface area contributed by atoms with Gasteiger partial charge in [-0.05, 0) is 36.7 Å². The second-order valence-electron chi connectivity index (χ2n) is 11.4. The third-order valence-corrected chi connectivity index (χ3v) is 8.97. The zero-order valence-electron chi connectivity index (χ0n) is 29.0. The molecule has 1 aliphatic heterocycles. The molecule has 1 fully saturated rings. The number of ether oxygens (including phenoxy) is 5. The van der Waals surface area contributed by atoms with Gasteiger partial charge in [0, 0.05) is 42.8 Å². The summed E-state index contributed by atoms with van der Waals surface area (Å²) in [5.74, 6) is -4.29. The fourth-order valence-electron chi connectivity index (χ4n) is 5.17. The molecule has 4 rings (SSSR count). The van der Waals surface area contributed by atoms with Gasteiger partial charge in [0.25, 0.3) is 0 Å². The number of para-hydroxylation sites is 2. The van der Waals surface area contributed by atoms with Gasteiger partial charge in [0.15, 0.2) is 12.2 Å². The van der Waals surface area contributed by atoms with E-state index in [4.69, 9.17) is 38.3 Å². The third kappa shape index (κ3) is 11.7. The number of hydrogen-bond donors (Lipinski definition) is 2. The molecular weight excluding hydrogens is 719 g/mol. The molecule has 2 heterocycles. The van der Waals surface area contributed by atoms with Crippen LogP contribution in [-0.2, 0) is 63.4 Å². The van der Waals surface area contributed by atoms with E-state index in [2.05, 4.69) is 25.4 Å². The van der Waals surface area contributed by atoms with Crippen molar-refractivity contribution < 1.29 is 61.3 Å². The molecule has 1 aliphatic rings. The molecule has 282 valence electrons. The van der Waals surface area contributed by atoms with Crippen molar-refractivity contribution in [2.24, 2.45) is 5.11 Å². The SMILES string of the molecule is CC(=O)OC1O[C@H](COP(=O)(N[C@@H](C)C(=O)OCc2ccnc3ccccc23)Oc2ccccc2)[C@@H](OC(C)=O)[C@H](OC(C)=O)[C@@H]1NC(=O)CN=[N+]=[N-]. The number of pyridine rings is 1. The van der Waals surface area contributed by atoms with Gasteiger partial charge in [0.05, 0.1) is 12.1 Å². The Kier molecular flexibility index (Phi) is 14.2. The highest BCUT2D eigenvalue weighted by molar-refractivity contribution is 7.52. The minimum absolute atomic E-state index is 0.0756. The van der Waals surface area contributed by atoms with Gasteiger partial charge >= 0.3 is 31.6 Å². The van der Waals surface area contributed by atoms with Gasteiger partial charge in [0.2, 0.25) is 12.2 Å². The average molecular weight is 757 g/mol. The number of esters is 4. The third-order valence-electron chi connectivity index (χ3n) is 7.33. The van der Waals surface area contributed by atoms with Crippen molar-refractivity contribution in [3.05, 3.63) is 82.9 Å². The number of carbonyl (C=O) groups excluding carboxylic acids is 5. The van der Waals surface area contributed by atoms with Crippen molar-refractivity contribution >= 4 is 48.4 Å². The number of nitrogens with zero attached hydrogens (tertiary/aromatic N) is 4. The molecule has 2 unspecified atom stereocenters. The van der Waals surface area contributed by atoms with Crippen molar-refractivity contribution in [3.8, 4) is 5.75 Å². The van der Waals surface area contributed by atoms with Crippen LogP contribution >= 0.6 is 7.75 Å². The summed E-state index contributed by atoms with van der Waals surface area (Å²) < 4.78 is 53.4. The molecule has 0 aliphatic carbocycles. The Balaban J connectivity index is 1.59. The van der Waals surface area contributed by atoms with E-state index in [0.29, 0.717) is 11.1 Å². The first-order chi connectivity index (χ1) is 25.3. The van der Waals surface area contributed by atoms with Gasteiger partial charge in [-0.2, -0.15) is 5.09 Å². The molecule has 0 radical (unpaired) electrons. The van der Waals surface area contributed by atoms with Crippen LogP contribution in [0.15, 0.2) is 72.0 Å². The highest BCUT2D eigenvalue weighted by atomic mass is 31.2. The van der Waals surface area contributed by atoms with E-state index in [1.54, 1.807) is 30.5 Å². The number of benzene rings is 2. The Morgan fingerprint density at radius 1 is 0.943 bits per heavy atom. The molecule has 7 atom stereocenters. The number of hydrogen-bond acceptors (Lipinski definition) is 15. The van der Waals surface area contributed by atoms with Gasteiger partial charge in [-0.1, -0.05) is 41.5 Å². The number of amides is 1. The van der Waals surface area contributed by atoms with Crippen LogP contribution in [0.3, 0.4) is 0 Å². The molecular formula is C33H37N6O13P. The van der Waals surface area contributed by atoms with Crippen LogP contribution in [0.25, 0.3) is 21.3 Å². The van der Waals surface area contributed by atoms with Gasteiger partial charge in [-0.25, -0.2) is 4.57 Å². The first-order valence-electron chi connectivity index (χ1n) is 16.0. The number of fused-ring (bicyclic) bond motifs is 1. The summed E-state index contributed by atoms with van der Waals surface area (Å²) in [6.07, 6.45) is -4.78. The lowest BCUT2D eigenvalue weighted by molar-refractivity contribution is -0.268. The Labute approximate surface area is 302 Å². The van der Waals surface area contributed by atoms with E-state index in [-0.39, 0.29) is 12.4 Å². The Morgan fingerprint density at radius 2 is 1.60 bits per heavy atom. The maximum Gasteiger partial charge on any atom is 0.459 e. The summed E-state index contributed by atoms with van der Waals surface area (Å²) in [5, 5.41) is 8.90. The van der Waals surface area contributed by atoms with Crippen LogP contribution in [0.1, 0.15) is 33.3 Å². The molecule has 3 aromatic rings. The lowest BCUT2D eigenvalue weighted by Gasteiger charge is -2.44. The summed E-state index contributed by atoms with van der Waals surface area (Å²) in [5.41, 5.74) is 10.0. The van der Waals surface area contributed by atoms with E-state index in [1.165, 1.54) is 19.1 Å². The van der Waals surface area contributed by atoms with E-state index in [9.17, 15) is 28.5 Å². The Bertz CT molecular complexity index is 1890. The lowest BCUT2D eigenvalue weighted by Crippen LogP contribution is -2.67. The quantitative estimate of drug-likeness (QED) is 0.0530. The molecule has 19 nitrogen and oxygen atoms in total. The van der Waals surface area contributed by atoms with Gasteiger partial charge < -0.3 is 33.5 Å². The predicted octanol–water partition coefficient (Wildman–Crippen LogP) is 3.41. The fraction of sp³-hybridized carbons (Fsp3) is 0.394. The standard InChI is InChI=1S/C33H37N6O13P/c1-19(32(44)46-17-23-14-15-35-26-13-9-8-12-25(23)26)38-53(45,52-24-10-6-5-7-11-24)47-18-27-30(48-20(2)40)31(49-21(3)41)29(33(51-27)50-22(4)42)37-28(43)16-36-39-34/h5-15,19,27,29-31,33H,16-18H2,1-4H3,(H,37,43)(H,38,45)/t19-,27+,29-,30+,31+,33?,53?/m0/s1. The van der Waals surface area contributed by atoms with Crippen molar-refractivity contribution in [1.82, 2.24) is 15.4 Å². The first-order valence-corrected chi connectivity index (χ1v) is 17.6. The minimum Gasteiger partial charge on any atom is -0.460 e. The van der Waals surface area contributed by atoms with Crippen LogP contribution < -0.4 is 14.9 Å². The van der Waals surface area contributed by atoms with Crippen molar-refractivity contribution in [2.75, 3.05) is 13.2 Å². The topological polar surface area (TPSA) is 253 Å². The van der Waals surface area contributed by atoms with Crippen LogP contribution in [-0.4, -0.2) is 84.6 Å². The summed E-state index contributed by atoms with van der Waals surface area (Å²) in [4.78, 5) is 69.2. The van der Waals surface area contributed by atoms with Crippen molar-refractivity contribution in [3.63, 3.8) is 0 Å². The van der Waals surface area contributed by atoms with Gasteiger partial charge in [0.1, 0.15) is 37.1 Å². The Hall–Kier alpha value is -5.58. The summed E-state index contributed by atoms with van der Waals surface area (Å²) in [6, 6.07) is 14.0. The van der Waals surface area contributed by atoms with Gasteiger partial charge in [-0.3, -0.25) is 33.5 Å². The molecule has 0 bridgehead atoms. The smallest absolute Gasteiger partial charge is 0.459 e. The zero-order chi connectivity index (χ0) is 38.5. The van der Waals surface area contributed by atoms with E-state index < -0.39 is 87.4 Å². The average Bonchev–Trinajstić information content (AvgIpc) is 3.11. The van der Waals surface area contributed by atoms with Crippen molar-refractivity contribution in [1.29, 1.82) is 0 Å². The van der Waals surface area contributed by atoms with E-state index in [0.717, 1.165) is 26.2 Å². The molecule has 53 heavy (non-hydrogen) atoms. The molecule has 20 heteroatoms. The molecule has 2 aromatic carbocycles. The van der Waals surface area contributed by atoms with Crippen LogP contribution in [0, 0.1) is 0 Å². The number of nitrogens with one attached hydrogen (secondary N) is 2. The number of azide groups is 1. The minimum atomic E-state index is -4.57. The zero-order valence-corrected chi connectivity index (χ0v) is 29.9. The normalized spacial score (nSPS) is 21.1. The molecule has 0 saturated carbocycles. The van der Waals surface area contributed by atoms with Crippen LogP contribution in [0.4, 0.5) is 0 Å². The molecule has 1 saturated heterocycles. The molecule has 0 spiro atoms. The number of rotatable bonds is 16. The molecule has 1 aromatic heterocycles. The first kappa shape index (κ1) is 40.2. The van der Waals surface area contributed by atoms with E-state index in [1.807, 2.05) is 24.3 Å². The molecule has 2 N–H and O–H groups in total. The van der Waals surface area contributed by atoms with Gasteiger partial charge in [-0.15, -0.1) is 0 Å². The summed E-state index contributed by atoms with van der Waals surface area (Å²) in [7, 11) is -4.57. The lowest BCUT2D eigenvalue weighted by atomic mass is 9.96. The highest BCUT2D eigenvalue weighted by Crippen LogP contribution is 2.46. The number of carbonyl (C=O) groups is 5. The summed E-state index contributed by atoms with van der Waals surface area (Å²) in [6.45, 7) is 2.91. The van der Waals surface area contributed by atoms with Crippen LogP contribution in [0.5, 0.6) is 5.75 Å². The highest BCUT2D eigenvalue weighted by Gasteiger charge is 2.52. The number of aromatic nitrogens is 1. The second-order valence-corrected chi connectivity index (χ2v) is 13.1. The summed E-state index contributed by atoms with van der Waals surface area (Å²) >= 11 is 0. The largest absolute Gasteiger partial charge is 0.460 e. The van der Waals surface area contributed by atoms with E-state index >= 15 is 0 Å². The van der Waals surface area contributed by atoms with Crippen LogP contribution in [0.2, 0.25) is 0 Å². The predicted molar refractivity (Wildman–Crippen MR) is 182 cm³/mol. The fourth-order valence-corrected chi connectivity index (χ4v) is 6.68. The van der Waals surface area contributed by atoms with Crippen molar-refractivity contribution in [2.45, 2.75) is 71.0 Å².